The van der Waals surface area contributed by atoms with Gasteiger partial charge in [-0.1, -0.05) is 6.92 Å². The van der Waals surface area contributed by atoms with Crippen molar-refractivity contribution in [2.75, 3.05) is 53.0 Å². The van der Waals surface area contributed by atoms with Crippen molar-refractivity contribution in [1.29, 1.82) is 0 Å². The van der Waals surface area contributed by atoms with E-state index in [1.54, 1.807) is 4.90 Å². The molecule has 126 valence electrons. The smallest absolute Gasteiger partial charge is 0.248 e. The molecule has 2 saturated heterocycles. The van der Waals surface area contributed by atoms with Gasteiger partial charge in [0.05, 0.1) is 0 Å². The van der Waals surface area contributed by atoms with E-state index >= 15 is 0 Å². The van der Waals surface area contributed by atoms with Crippen LogP contribution in [0.3, 0.4) is 0 Å². The van der Waals surface area contributed by atoms with Gasteiger partial charge in [0.15, 0.2) is 0 Å². The van der Waals surface area contributed by atoms with Gasteiger partial charge in [0.2, 0.25) is 11.8 Å². The number of piperidine rings is 1. The Morgan fingerprint density at radius 1 is 1.18 bits per heavy atom. The number of hydrogen-bond acceptors (Lipinski definition) is 4. The van der Waals surface area contributed by atoms with E-state index in [1.165, 1.54) is 20.0 Å². The number of carbonyl (C=O) groups is 2. The maximum absolute atomic E-state index is 12.4. The highest BCUT2D eigenvalue weighted by Crippen LogP contribution is 2.23. The van der Waals surface area contributed by atoms with Crippen LogP contribution in [0.4, 0.5) is 0 Å². The second-order valence-electron chi connectivity index (χ2n) is 6.48. The van der Waals surface area contributed by atoms with E-state index in [0.29, 0.717) is 44.4 Å². The first-order valence-corrected chi connectivity index (χ1v) is 8.37. The topological polar surface area (TPSA) is 61.9 Å². The predicted octanol–water partition coefficient (Wildman–Crippen LogP) is 0.329. The normalized spacial score (nSPS) is 24.2. The van der Waals surface area contributed by atoms with Gasteiger partial charge in [-0.3, -0.25) is 9.59 Å². The highest BCUT2D eigenvalue weighted by atomic mass is 16.5. The summed E-state index contributed by atoms with van der Waals surface area (Å²) in [5, 5.41) is 3.42. The Balaban J connectivity index is 1.73. The number of methoxy groups -OCH3 is 1. The molecule has 0 saturated carbocycles. The van der Waals surface area contributed by atoms with Gasteiger partial charge in [0.25, 0.3) is 0 Å². The summed E-state index contributed by atoms with van der Waals surface area (Å²) in [6.07, 6.45) is 3.06. The third kappa shape index (κ3) is 4.68. The van der Waals surface area contributed by atoms with Crippen molar-refractivity contribution in [3.63, 3.8) is 0 Å². The molecular formula is C16H29N3O3. The summed E-state index contributed by atoms with van der Waals surface area (Å²) in [4.78, 5) is 27.9. The van der Waals surface area contributed by atoms with Crippen LogP contribution in [0.2, 0.25) is 0 Å². The second kappa shape index (κ2) is 8.48. The number of nitrogens with one attached hydrogen (secondary N) is 1. The Labute approximate surface area is 133 Å². The molecule has 6 heteroatoms. The van der Waals surface area contributed by atoms with Crippen LogP contribution in [0.25, 0.3) is 0 Å². The summed E-state index contributed by atoms with van der Waals surface area (Å²) >= 11 is 0. The van der Waals surface area contributed by atoms with Crippen LogP contribution < -0.4 is 5.32 Å². The largest absolute Gasteiger partial charge is 0.375 e. The van der Waals surface area contributed by atoms with E-state index < -0.39 is 0 Å². The lowest BCUT2D eigenvalue weighted by molar-refractivity contribution is -0.142. The fourth-order valence-electron chi connectivity index (χ4n) is 3.36. The SMILES string of the molecule is COCC(=O)N1CCN(C(=O)CC(C)C2CCCNC2)CC1. The summed E-state index contributed by atoms with van der Waals surface area (Å²) in [5.74, 6) is 1.28. The van der Waals surface area contributed by atoms with Crippen LogP contribution in [0.1, 0.15) is 26.2 Å². The number of rotatable bonds is 5. The van der Waals surface area contributed by atoms with Gasteiger partial charge < -0.3 is 19.9 Å². The molecule has 22 heavy (non-hydrogen) atoms. The van der Waals surface area contributed by atoms with Crippen LogP contribution in [0, 0.1) is 11.8 Å². The molecule has 0 aromatic rings. The Morgan fingerprint density at radius 3 is 2.36 bits per heavy atom. The minimum atomic E-state index is 0.0104. The molecule has 2 fully saturated rings. The Bertz CT molecular complexity index is 375. The quantitative estimate of drug-likeness (QED) is 0.795. The lowest BCUT2D eigenvalue weighted by Gasteiger charge is -2.36. The second-order valence-corrected chi connectivity index (χ2v) is 6.48. The molecule has 0 radical (unpaired) electrons. The van der Waals surface area contributed by atoms with Crippen molar-refractivity contribution in [1.82, 2.24) is 15.1 Å². The molecule has 6 nitrogen and oxygen atoms in total. The lowest BCUT2D eigenvalue weighted by Crippen LogP contribution is -2.51. The van der Waals surface area contributed by atoms with Gasteiger partial charge in [-0.05, 0) is 37.8 Å². The fraction of sp³-hybridized carbons (Fsp3) is 0.875. The van der Waals surface area contributed by atoms with Crippen LogP contribution in [-0.4, -0.2) is 74.6 Å². The minimum Gasteiger partial charge on any atom is -0.375 e. The number of nitrogens with zero attached hydrogens (tertiary/aromatic N) is 2. The highest BCUT2D eigenvalue weighted by molar-refractivity contribution is 5.79. The highest BCUT2D eigenvalue weighted by Gasteiger charge is 2.27. The van der Waals surface area contributed by atoms with Gasteiger partial charge in [-0.25, -0.2) is 0 Å². The van der Waals surface area contributed by atoms with E-state index in [9.17, 15) is 9.59 Å². The van der Waals surface area contributed by atoms with E-state index in [-0.39, 0.29) is 18.4 Å². The number of ether oxygens (including phenoxy) is 1. The van der Waals surface area contributed by atoms with E-state index in [4.69, 9.17) is 4.74 Å². The standard InChI is InChI=1S/C16H29N3O3/c1-13(14-4-3-5-17-11-14)10-15(20)18-6-8-19(9-7-18)16(21)12-22-2/h13-14,17H,3-12H2,1-2H3. The van der Waals surface area contributed by atoms with Gasteiger partial charge in [0, 0.05) is 39.7 Å². The number of carbonyl (C=O) groups excluding carboxylic acids is 2. The van der Waals surface area contributed by atoms with Crippen molar-refractivity contribution in [2.45, 2.75) is 26.2 Å². The van der Waals surface area contributed by atoms with Gasteiger partial charge in [-0.15, -0.1) is 0 Å². The Hall–Kier alpha value is -1.14. The average molecular weight is 311 g/mol. The lowest BCUT2D eigenvalue weighted by atomic mass is 9.85. The first-order chi connectivity index (χ1) is 10.6. The first kappa shape index (κ1) is 17.2. The zero-order valence-corrected chi connectivity index (χ0v) is 13.8. The maximum atomic E-state index is 12.4. The maximum Gasteiger partial charge on any atom is 0.248 e. The summed E-state index contributed by atoms with van der Waals surface area (Å²) in [6, 6.07) is 0. The Morgan fingerprint density at radius 2 is 1.82 bits per heavy atom. The molecule has 2 heterocycles. The first-order valence-electron chi connectivity index (χ1n) is 8.37. The average Bonchev–Trinajstić information content (AvgIpc) is 2.56. The van der Waals surface area contributed by atoms with Crippen LogP contribution in [0.15, 0.2) is 0 Å². The molecular weight excluding hydrogens is 282 g/mol. The van der Waals surface area contributed by atoms with Crippen LogP contribution in [-0.2, 0) is 14.3 Å². The molecule has 0 bridgehead atoms. The summed E-state index contributed by atoms with van der Waals surface area (Å²) in [6.45, 7) is 6.98. The molecule has 0 aromatic heterocycles. The molecule has 2 amide bonds. The molecule has 2 atom stereocenters. The summed E-state index contributed by atoms with van der Waals surface area (Å²) in [7, 11) is 1.53. The molecule has 0 spiro atoms. The number of hydrogen-bond donors (Lipinski definition) is 1. The number of amides is 2. The minimum absolute atomic E-state index is 0.0104. The van der Waals surface area contributed by atoms with Crippen LogP contribution >= 0.6 is 0 Å². The van der Waals surface area contributed by atoms with Crippen molar-refractivity contribution in [3.05, 3.63) is 0 Å². The fourth-order valence-corrected chi connectivity index (χ4v) is 3.36. The molecule has 1 N–H and O–H groups in total. The zero-order chi connectivity index (χ0) is 15.9. The molecule has 2 rings (SSSR count). The summed E-state index contributed by atoms with van der Waals surface area (Å²) in [5.41, 5.74) is 0. The van der Waals surface area contributed by atoms with Gasteiger partial charge >= 0.3 is 0 Å². The van der Waals surface area contributed by atoms with Crippen LogP contribution in [0.5, 0.6) is 0 Å². The van der Waals surface area contributed by atoms with Gasteiger partial charge in [-0.2, -0.15) is 0 Å². The monoisotopic (exact) mass is 311 g/mol. The summed E-state index contributed by atoms with van der Waals surface area (Å²) < 4.78 is 4.87. The Kier molecular flexibility index (Phi) is 6.64. The number of piperazine rings is 1. The third-order valence-corrected chi connectivity index (χ3v) is 4.89. The third-order valence-electron chi connectivity index (χ3n) is 4.89. The van der Waals surface area contributed by atoms with Crippen molar-refractivity contribution < 1.29 is 14.3 Å². The molecule has 0 aliphatic carbocycles. The van der Waals surface area contributed by atoms with E-state index in [1.807, 2.05) is 4.90 Å². The van der Waals surface area contributed by atoms with Crippen molar-refractivity contribution in [2.24, 2.45) is 11.8 Å². The van der Waals surface area contributed by atoms with E-state index in [2.05, 4.69) is 12.2 Å². The molecule has 0 aromatic carbocycles. The van der Waals surface area contributed by atoms with Gasteiger partial charge in [0.1, 0.15) is 6.61 Å². The van der Waals surface area contributed by atoms with Crippen molar-refractivity contribution >= 4 is 11.8 Å². The predicted molar refractivity (Wildman–Crippen MR) is 84.4 cm³/mol. The zero-order valence-electron chi connectivity index (χ0n) is 13.8. The van der Waals surface area contributed by atoms with Crippen molar-refractivity contribution in [3.8, 4) is 0 Å². The molecule has 2 aliphatic heterocycles. The molecule has 2 aliphatic rings. The van der Waals surface area contributed by atoms with E-state index in [0.717, 1.165) is 13.1 Å². The molecule has 2 unspecified atom stereocenters.